The molecule has 0 N–H and O–H groups in total. The highest BCUT2D eigenvalue weighted by molar-refractivity contribution is 6.66. The highest BCUT2D eigenvalue weighted by atomic mass is 35.5. The Morgan fingerprint density at radius 3 is 2.00 bits per heavy atom. The molecule has 44 valence electrons. The van der Waals surface area contributed by atoms with Crippen molar-refractivity contribution in [1.29, 1.82) is 0 Å². The second kappa shape index (κ2) is 3.38. The Bertz CT molecular complexity index is 121. The van der Waals surface area contributed by atoms with E-state index in [-0.39, 0.29) is 5.78 Å². The fourth-order valence-electron chi connectivity index (χ4n) is 0.183. The summed E-state index contributed by atoms with van der Waals surface area (Å²) in [5.74, 6) is -0.181. The molecule has 0 unspecified atom stereocenters. The van der Waals surface area contributed by atoms with Gasteiger partial charge >= 0.3 is 0 Å². The van der Waals surface area contributed by atoms with Gasteiger partial charge in [0, 0.05) is 6.08 Å². The summed E-state index contributed by atoms with van der Waals surface area (Å²) in [4.78, 5) is 19.9. The summed E-state index contributed by atoms with van der Waals surface area (Å²) in [5.41, 5.74) is 0. The van der Waals surface area contributed by atoms with Crippen LogP contribution in [-0.2, 0) is 9.59 Å². The molecule has 0 radical (unpaired) electrons. The lowest BCUT2D eigenvalue weighted by Crippen LogP contribution is -1.82. The number of hydrogen-bond donors (Lipinski definition) is 0. The summed E-state index contributed by atoms with van der Waals surface area (Å²) in [6.45, 7) is 1.34. The van der Waals surface area contributed by atoms with Crippen LogP contribution in [0, 0.1) is 0 Å². The maximum atomic E-state index is 10.1. The second-order valence-electron chi connectivity index (χ2n) is 1.25. The molecule has 0 aliphatic rings. The van der Waals surface area contributed by atoms with Gasteiger partial charge in [-0.25, -0.2) is 0 Å². The number of carbonyl (C=O) groups is 2. The molecular weight excluding hydrogens is 128 g/mol. The minimum atomic E-state index is -0.625. The third-order valence-electron chi connectivity index (χ3n) is 0.449. The van der Waals surface area contributed by atoms with Crippen LogP contribution < -0.4 is 0 Å². The average Bonchev–Trinajstić information content (AvgIpc) is 1.61. The Labute approximate surface area is 52.1 Å². The second-order valence-corrected chi connectivity index (χ2v) is 1.62. The quantitative estimate of drug-likeness (QED) is 0.413. The van der Waals surface area contributed by atoms with Crippen molar-refractivity contribution in [2.24, 2.45) is 0 Å². The fourth-order valence-corrected chi connectivity index (χ4v) is 0.246. The lowest BCUT2D eigenvalue weighted by molar-refractivity contribution is -0.113. The molecule has 0 heterocycles. The molecule has 0 amide bonds. The SMILES string of the molecule is CC(=O)/C=C/C(=O)Cl. The van der Waals surface area contributed by atoms with Crippen molar-refractivity contribution in [2.75, 3.05) is 0 Å². The summed E-state index contributed by atoms with van der Waals surface area (Å²) in [5, 5.41) is -0.625. The van der Waals surface area contributed by atoms with Gasteiger partial charge in [-0.2, -0.15) is 0 Å². The van der Waals surface area contributed by atoms with Gasteiger partial charge in [0.05, 0.1) is 0 Å². The normalized spacial score (nSPS) is 9.75. The molecule has 8 heavy (non-hydrogen) atoms. The van der Waals surface area contributed by atoms with Crippen molar-refractivity contribution < 1.29 is 9.59 Å². The van der Waals surface area contributed by atoms with E-state index in [0.29, 0.717) is 0 Å². The minimum absolute atomic E-state index is 0.181. The van der Waals surface area contributed by atoms with Gasteiger partial charge in [0.2, 0.25) is 5.24 Å². The van der Waals surface area contributed by atoms with Crippen molar-refractivity contribution in [3.8, 4) is 0 Å². The third kappa shape index (κ3) is 5.37. The van der Waals surface area contributed by atoms with Crippen LogP contribution in [0.2, 0.25) is 0 Å². The summed E-state index contributed by atoms with van der Waals surface area (Å²) < 4.78 is 0. The minimum Gasteiger partial charge on any atom is -0.295 e. The zero-order valence-electron chi connectivity index (χ0n) is 4.35. The highest BCUT2D eigenvalue weighted by Crippen LogP contribution is 1.81. The van der Waals surface area contributed by atoms with E-state index in [0.717, 1.165) is 12.2 Å². The van der Waals surface area contributed by atoms with Crippen LogP contribution in [0.3, 0.4) is 0 Å². The van der Waals surface area contributed by atoms with Crippen molar-refractivity contribution in [1.82, 2.24) is 0 Å². The molecule has 3 heteroatoms. The number of rotatable bonds is 2. The predicted molar refractivity (Wildman–Crippen MR) is 30.7 cm³/mol. The number of halogens is 1. The standard InChI is InChI=1S/C5H5ClO2/c1-4(7)2-3-5(6)8/h2-3H,1H3/b3-2+. The van der Waals surface area contributed by atoms with Crippen LogP contribution in [0.4, 0.5) is 0 Å². The van der Waals surface area contributed by atoms with Crippen molar-refractivity contribution in [3.63, 3.8) is 0 Å². The van der Waals surface area contributed by atoms with E-state index < -0.39 is 5.24 Å². The van der Waals surface area contributed by atoms with E-state index in [4.69, 9.17) is 11.6 Å². The Morgan fingerprint density at radius 2 is 1.88 bits per heavy atom. The van der Waals surface area contributed by atoms with E-state index in [1.807, 2.05) is 0 Å². The molecule has 0 aromatic heterocycles. The van der Waals surface area contributed by atoms with Gasteiger partial charge in [-0.15, -0.1) is 0 Å². The van der Waals surface area contributed by atoms with Crippen LogP contribution in [0.25, 0.3) is 0 Å². The summed E-state index contributed by atoms with van der Waals surface area (Å²) in [6, 6.07) is 0. The monoisotopic (exact) mass is 132 g/mol. The lowest BCUT2D eigenvalue weighted by atomic mass is 10.4. The number of ketones is 1. The maximum Gasteiger partial charge on any atom is 0.245 e. The molecule has 0 aromatic carbocycles. The molecule has 0 rings (SSSR count). The molecular formula is C5H5ClO2. The van der Waals surface area contributed by atoms with Crippen molar-refractivity contribution >= 4 is 22.6 Å². The van der Waals surface area contributed by atoms with Gasteiger partial charge < -0.3 is 0 Å². The Morgan fingerprint density at radius 1 is 1.38 bits per heavy atom. The van der Waals surface area contributed by atoms with Crippen LogP contribution in [0.15, 0.2) is 12.2 Å². The first-order chi connectivity index (χ1) is 3.63. The van der Waals surface area contributed by atoms with Gasteiger partial charge in [-0.05, 0) is 24.6 Å². The topological polar surface area (TPSA) is 34.1 Å². The third-order valence-corrected chi connectivity index (χ3v) is 0.575. The molecule has 0 saturated heterocycles. The van der Waals surface area contributed by atoms with E-state index in [2.05, 4.69) is 0 Å². The van der Waals surface area contributed by atoms with Crippen molar-refractivity contribution in [2.45, 2.75) is 6.92 Å². The first kappa shape index (κ1) is 7.37. The molecule has 0 fully saturated rings. The Kier molecular flexibility index (Phi) is 3.12. The molecule has 0 aliphatic carbocycles. The first-order valence-corrected chi connectivity index (χ1v) is 2.39. The van der Waals surface area contributed by atoms with Crippen molar-refractivity contribution in [3.05, 3.63) is 12.2 Å². The molecule has 0 bridgehead atoms. The Hall–Kier alpha value is -0.630. The van der Waals surface area contributed by atoms with Gasteiger partial charge in [-0.3, -0.25) is 9.59 Å². The average molecular weight is 133 g/mol. The van der Waals surface area contributed by atoms with Crippen LogP contribution in [-0.4, -0.2) is 11.0 Å². The van der Waals surface area contributed by atoms with Gasteiger partial charge in [0.25, 0.3) is 0 Å². The zero-order valence-corrected chi connectivity index (χ0v) is 5.11. The highest BCUT2D eigenvalue weighted by Gasteiger charge is 1.85. The fraction of sp³-hybridized carbons (Fsp3) is 0.200. The molecule has 0 aliphatic heterocycles. The van der Waals surface area contributed by atoms with E-state index in [1.54, 1.807) is 0 Å². The van der Waals surface area contributed by atoms with Crippen LogP contribution in [0.1, 0.15) is 6.92 Å². The number of hydrogen-bond acceptors (Lipinski definition) is 2. The molecule has 2 nitrogen and oxygen atoms in total. The van der Waals surface area contributed by atoms with Gasteiger partial charge in [0.1, 0.15) is 0 Å². The lowest BCUT2D eigenvalue weighted by Gasteiger charge is -1.73. The molecule has 0 aromatic rings. The molecule has 0 atom stereocenters. The number of carbonyl (C=O) groups excluding carboxylic acids is 2. The van der Waals surface area contributed by atoms with E-state index in [1.165, 1.54) is 6.92 Å². The smallest absolute Gasteiger partial charge is 0.245 e. The van der Waals surface area contributed by atoms with Gasteiger partial charge in [-0.1, -0.05) is 0 Å². The number of allylic oxidation sites excluding steroid dienone is 2. The largest absolute Gasteiger partial charge is 0.295 e. The molecule has 0 spiro atoms. The predicted octanol–water partition coefficient (Wildman–Crippen LogP) is 0.897. The van der Waals surface area contributed by atoms with Crippen LogP contribution >= 0.6 is 11.6 Å². The molecule has 0 saturated carbocycles. The summed E-state index contributed by atoms with van der Waals surface area (Å²) in [7, 11) is 0. The van der Waals surface area contributed by atoms with E-state index >= 15 is 0 Å². The summed E-state index contributed by atoms with van der Waals surface area (Å²) in [6.07, 6.45) is 2.14. The first-order valence-electron chi connectivity index (χ1n) is 2.01. The zero-order chi connectivity index (χ0) is 6.57. The maximum absolute atomic E-state index is 10.1. The van der Waals surface area contributed by atoms with Crippen LogP contribution in [0.5, 0.6) is 0 Å². The van der Waals surface area contributed by atoms with Gasteiger partial charge in [0.15, 0.2) is 5.78 Å². The summed E-state index contributed by atoms with van der Waals surface area (Å²) >= 11 is 4.84. The van der Waals surface area contributed by atoms with E-state index in [9.17, 15) is 9.59 Å². The Balaban J connectivity index is 3.67.